The summed E-state index contributed by atoms with van der Waals surface area (Å²) >= 11 is 0. The Kier molecular flexibility index (Phi) is 14.7. The van der Waals surface area contributed by atoms with Crippen LogP contribution in [0.3, 0.4) is 0 Å². The molecule has 2 aliphatic rings. The Morgan fingerprint density at radius 2 is 0.905 bits per heavy atom. The van der Waals surface area contributed by atoms with Gasteiger partial charge in [0.2, 0.25) is 0 Å². The van der Waals surface area contributed by atoms with E-state index in [-0.39, 0.29) is 0 Å². The summed E-state index contributed by atoms with van der Waals surface area (Å²) in [5.74, 6) is 3.84. The van der Waals surface area contributed by atoms with Gasteiger partial charge in [-0.2, -0.15) is 0 Å². The van der Waals surface area contributed by atoms with Gasteiger partial charge in [0.05, 0.1) is 0 Å². The zero-order chi connectivity index (χ0) is 29.4. The number of rotatable bonds is 18. The predicted octanol–water partition coefficient (Wildman–Crippen LogP) is 12.3. The Labute approximate surface area is 259 Å². The van der Waals surface area contributed by atoms with Crippen LogP contribution in [-0.2, 0) is 17.6 Å². The van der Waals surface area contributed by atoms with E-state index < -0.39 is 0 Å². The molecule has 2 aliphatic carbocycles. The molecule has 0 aliphatic heterocycles. The highest BCUT2D eigenvalue weighted by atomic mass is 16.1. The van der Waals surface area contributed by atoms with E-state index in [2.05, 4.69) is 62.4 Å². The average molecular weight is 571 g/mol. The quantitative estimate of drug-likeness (QED) is 0.163. The fourth-order valence-electron chi connectivity index (χ4n) is 7.88. The molecule has 2 fully saturated rings. The molecule has 0 bridgehead atoms. The van der Waals surface area contributed by atoms with Crippen LogP contribution in [0.25, 0.3) is 0 Å². The van der Waals surface area contributed by atoms with Crippen LogP contribution in [0.15, 0.2) is 48.5 Å². The maximum Gasteiger partial charge on any atom is 0.132 e. The molecule has 0 N–H and O–H groups in total. The molecule has 2 aromatic carbocycles. The van der Waals surface area contributed by atoms with E-state index in [0.29, 0.717) is 5.78 Å². The van der Waals surface area contributed by atoms with Crippen LogP contribution in [0.2, 0.25) is 0 Å². The number of carbonyl (C=O) groups is 1. The number of Topliss-reactive ketones (excluding diaryl/α,β-unsaturated/α-hetero) is 1. The third kappa shape index (κ3) is 11.3. The summed E-state index contributed by atoms with van der Waals surface area (Å²) in [6, 6.07) is 19.1. The van der Waals surface area contributed by atoms with Crippen molar-refractivity contribution in [2.75, 3.05) is 0 Å². The van der Waals surface area contributed by atoms with Crippen molar-refractivity contribution in [1.82, 2.24) is 0 Å². The van der Waals surface area contributed by atoms with Crippen molar-refractivity contribution in [3.05, 3.63) is 70.8 Å². The lowest BCUT2D eigenvalue weighted by Gasteiger charge is -2.29. The molecule has 42 heavy (non-hydrogen) atoms. The molecule has 1 nitrogen and oxygen atoms in total. The van der Waals surface area contributed by atoms with Crippen LogP contribution in [0.1, 0.15) is 176 Å². The average Bonchev–Trinajstić information content (AvgIpc) is 3.04. The van der Waals surface area contributed by atoms with Crippen molar-refractivity contribution in [2.24, 2.45) is 11.8 Å². The monoisotopic (exact) mass is 570 g/mol. The zero-order valence-electron chi connectivity index (χ0n) is 27.4. The summed E-state index contributed by atoms with van der Waals surface area (Å²) in [6.07, 6.45) is 27.6. The fraction of sp³-hybridized carbons (Fsp3) is 0.683. The van der Waals surface area contributed by atoms with Crippen molar-refractivity contribution in [3.8, 4) is 0 Å². The molecule has 0 saturated heterocycles. The van der Waals surface area contributed by atoms with Crippen molar-refractivity contribution >= 4 is 5.78 Å². The highest BCUT2D eigenvalue weighted by molar-refractivity contribution is 5.78. The SMILES string of the molecule is CCCCc1ccc(C2CCC(CCCCC(=O)CCCC[C@H]3CC[C@H](c4ccc(CCCC)cc4)CC3)CC2)cc1. The predicted molar refractivity (Wildman–Crippen MR) is 181 cm³/mol. The van der Waals surface area contributed by atoms with Gasteiger partial charge in [-0.15, -0.1) is 0 Å². The van der Waals surface area contributed by atoms with Gasteiger partial charge < -0.3 is 0 Å². The molecule has 0 heterocycles. The van der Waals surface area contributed by atoms with E-state index in [4.69, 9.17) is 0 Å². The second-order valence-electron chi connectivity index (χ2n) is 14.2. The number of aryl methyl sites for hydroxylation is 2. The van der Waals surface area contributed by atoms with E-state index in [1.807, 2.05) is 0 Å². The highest BCUT2D eigenvalue weighted by Gasteiger charge is 2.23. The summed E-state index contributed by atoms with van der Waals surface area (Å²) < 4.78 is 0. The van der Waals surface area contributed by atoms with Gasteiger partial charge in [-0.1, -0.05) is 101 Å². The van der Waals surface area contributed by atoms with Crippen LogP contribution in [0.5, 0.6) is 0 Å². The van der Waals surface area contributed by atoms with Crippen molar-refractivity contribution in [3.63, 3.8) is 0 Å². The Morgan fingerprint density at radius 3 is 1.26 bits per heavy atom. The van der Waals surface area contributed by atoms with E-state index in [0.717, 1.165) is 49.4 Å². The van der Waals surface area contributed by atoms with Gasteiger partial charge in [-0.25, -0.2) is 0 Å². The Morgan fingerprint density at radius 1 is 0.524 bits per heavy atom. The standard InChI is InChI=1S/C41H62O/c1-3-5-11-33-17-25-37(26-18-33)39-29-21-35(22-30-39)13-7-9-15-41(42)16-10-8-14-36-23-31-40(32-24-36)38-27-19-34(20-28-38)12-6-4-2/h17-20,25-28,35-36,39-40H,3-16,21-24,29-32H2,1-2H3/t35-,36?,39-,40?. The van der Waals surface area contributed by atoms with Gasteiger partial charge in [0.25, 0.3) is 0 Å². The lowest BCUT2D eigenvalue weighted by atomic mass is 9.76. The van der Waals surface area contributed by atoms with Gasteiger partial charge >= 0.3 is 0 Å². The fourth-order valence-corrected chi connectivity index (χ4v) is 7.88. The largest absolute Gasteiger partial charge is 0.300 e. The molecule has 0 amide bonds. The molecular weight excluding hydrogens is 508 g/mol. The first-order chi connectivity index (χ1) is 20.6. The maximum atomic E-state index is 12.5. The number of unbranched alkanes of at least 4 members (excludes halogenated alkanes) is 4. The summed E-state index contributed by atoms with van der Waals surface area (Å²) in [6.45, 7) is 4.54. The summed E-state index contributed by atoms with van der Waals surface area (Å²) in [7, 11) is 0. The normalized spacial score (nSPS) is 22.7. The third-order valence-corrected chi connectivity index (χ3v) is 10.9. The van der Waals surface area contributed by atoms with E-state index in [1.165, 1.54) is 127 Å². The molecule has 1 heteroatoms. The number of benzene rings is 2. The minimum Gasteiger partial charge on any atom is -0.300 e. The Balaban J connectivity index is 0.990. The third-order valence-electron chi connectivity index (χ3n) is 10.9. The van der Waals surface area contributed by atoms with Crippen molar-refractivity contribution < 1.29 is 4.79 Å². The first-order valence-electron chi connectivity index (χ1n) is 18.3. The molecular formula is C41H62O. The zero-order valence-corrected chi connectivity index (χ0v) is 27.4. The lowest BCUT2D eigenvalue weighted by Crippen LogP contribution is -2.13. The van der Waals surface area contributed by atoms with Gasteiger partial charge in [0.15, 0.2) is 0 Å². The highest BCUT2D eigenvalue weighted by Crippen LogP contribution is 2.39. The Hall–Kier alpha value is -1.89. The minimum absolute atomic E-state index is 0.521. The second-order valence-corrected chi connectivity index (χ2v) is 14.2. The molecule has 232 valence electrons. The Bertz CT molecular complexity index is 905. The van der Waals surface area contributed by atoms with Crippen LogP contribution >= 0.6 is 0 Å². The topological polar surface area (TPSA) is 17.1 Å². The minimum atomic E-state index is 0.521. The first-order valence-corrected chi connectivity index (χ1v) is 18.3. The number of ketones is 1. The molecule has 0 atom stereocenters. The molecule has 0 unspecified atom stereocenters. The van der Waals surface area contributed by atoms with Crippen LogP contribution in [0, 0.1) is 11.8 Å². The van der Waals surface area contributed by atoms with Gasteiger partial charge in [-0.3, -0.25) is 4.79 Å². The number of hydrogen-bond acceptors (Lipinski definition) is 1. The van der Waals surface area contributed by atoms with Gasteiger partial charge in [0, 0.05) is 12.8 Å². The molecule has 4 rings (SSSR count). The van der Waals surface area contributed by atoms with Crippen LogP contribution in [0.4, 0.5) is 0 Å². The molecule has 0 spiro atoms. The molecule has 2 saturated carbocycles. The first kappa shape index (κ1) is 33.0. The van der Waals surface area contributed by atoms with E-state index in [9.17, 15) is 4.79 Å². The van der Waals surface area contributed by atoms with Crippen molar-refractivity contribution in [2.45, 2.75) is 167 Å². The molecule has 2 aromatic rings. The molecule has 0 radical (unpaired) electrons. The summed E-state index contributed by atoms with van der Waals surface area (Å²) in [5.41, 5.74) is 6.13. The van der Waals surface area contributed by atoms with Crippen LogP contribution < -0.4 is 0 Å². The smallest absolute Gasteiger partial charge is 0.132 e. The lowest BCUT2D eigenvalue weighted by molar-refractivity contribution is -0.119. The number of hydrogen-bond donors (Lipinski definition) is 0. The maximum absolute atomic E-state index is 12.5. The van der Waals surface area contributed by atoms with Gasteiger partial charge in [0.1, 0.15) is 5.78 Å². The van der Waals surface area contributed by atoms with Gasteiger partial charge in [-0.05, 0) is 136 Å². The molecule has 0 aromatic heterocycles. The summed E-state index contributed by atoms with van der Waals surface area (Å²) in [4.78, 5) is 12.5. The summed E-state index contributed by atoms with van der Waals surface area (Å²) in [5, 5.41) is 0. The number of carbonyl (C=O) groups excluding carboxylic acids is 1. The van der Waals surface area contributed by atoms with Crippen LogP contribution in [-0.4, -0.2) is 5.78 Å². The second kappa shape index (κ2) is 18.7. The van der Waals surface area contributed by atoms with Crippen molar-refractivity contribution in [1.29, 1.82) is 0 Å². The van der Waals surface area contributed by atoms with E-state index >= 15 is 0 Å². The van der Waals surface area contributed by atoms with E-state index in [1.54, 1.807) is 11.1 Å².